The molecule has 94 valence electrons. The number of aromatic nitrogens is 1. The van der Waals surface area contributed by atoms with Gasteiger partial charge < -0.3 is 11.1 Å². The first-order valence-electron chi connectivity index (χ1n) is 6.03. The molecule has 3 N–H and O–H groups in total. The number of pyridine rings is 1. The van der Waals surface area contributed by atoms with Crippen molar-refractivity contribution < 1.29 is 4.79 Å². The number of nitrogens with one attached hydrogen (secondary N) is 1. The zero-order chi connectivity index (χ0) is 12.9. The summed E-state index contributed by atoms with van der Waals surface area (Å²) in [7, 11) is 0. The van der Waals surface area contributed by atoms with Gasteiger partial charge in [-0.25, -0.2) is 4.98 Å². The maximum Gasteiger partial charge on any atom is 0.270 e. The third kappa shape index (κ3) is 3.27. The van der Waals surface area contributed by atoms with Gasteiger partial charge in [0.25, 0.3) is 5.91 Å². The molecule has 4 nitrogen and oxygen atoms in total. The highest BCUT2D eigenvalue weighted by molar-refractivity contribution is 5.92. The van der Waals surface area contributed by atoms with Crippen molar-refractivity contribution in [2.24, 2.45) is 5.73 Å². The summed E-state index contributed by atoms with van der Waals surface area (Å²) in [5.41, 5.74) is 6.72. The third-order valence-electron chi connectivity index (χ3n) is 3.24. The van der Waals surface area contributed by atoms with E-state index >= 15 is 0 Å². The van der Waals surface area contributed by atoms with Crippen LogP contribution in [-0.2, 0) is 0 Å². The van der Waals surface area contributed by atoms with Crippen molar-refractivity contribution in [2.75, 3.05) is 6.54 Å². The van der Waals surface area contributed by atoms with E-state index in [1.807, 2.05) is 32.9 Å². The lowest BCUT2D eigenvalue weighted by atomic mass is 9.93. The molecule has 0 fully saturated rings. The van der Waals surface area contributed by atoms with Crippen molar-refractivity contribution >= 4 is 5.91 Å². The van der Waals surface area contributed by atoms with Gasteiger partial charge >= 0.3 is 0 Å². The Balaban J connectivity index is 2.84. The zero-order valence-corrected chi connectivity index (χ0v) is 10.8. The van der Waals surface area contributed by atoms with Gasteiger partial charge in [0, 0.05) is 12.2 Å². The van der Waals surface area contributed by atoms with Gasteiger partial charge in [-0.1, -0.05) is 19.9 Å². The van der Waals surface area contributed by atoms with Crippen LogP contribution in [0.15, 0.2) is 18.2 Å². The molecule has 0 spiro atoms. The highest BCUT2D eigenvalue weighted by atomic mass is 16.2. The number of carbonyl (C=O) groups is 1. The Morgan fingerprint density at radius 3 is 2.53 bits per heavy atom. The molecule has 1 heterocycles. The molecule has 17 heavy (non-hydrogen) atoms. The molecule has 0 aliphatic heterocycles. The summed E-state index contributed by atoms with van der Waals surface area (Å²) in [5, 5.41) is 3.00. The summed E-state index contributed by atoms with van der Waals surface area (Å²) in [4.78, 5) is 16.3. The van der Waals surface area contributed by atoms with E-state index in [2.05, 4.69) is 10.3 Å². The van der Waals surface area contributed by atoms with Crippen LogP contribution in [0.25, 0.3) is 0 Å². The minimum atomic E-state index is -0.317. The van der Waals surface area contributed by atoms with E-state index in [4.69, 9.17) is 5.73 Å². The van der Waals surface area contributed by atoms with E-state index in [0.717, 1.165) is 18.5 Å². The van der Waals surface area contributed by atoms with E-state index in [-0.39, 0.29) is 11.4 Å². The molecular formula is C13H21N3O. The SMILES string of the molecule is CCC(CC)(CN)NC(=O)c1cccc(C)n1. The molecule has 4 heteroatoms. The van der Waals surface area contributed by atoms with Crippen molar-refractivity contribution in [2.45, 2.75) is 39.2 Å². The molecule has 0 saturated heterocycles. The lowest BCUT2D eigenvalue weighted by Gasteiger charge is -2.31. The summed E-state index contributed by atoms with van der Waals surface area (Å²) < 4.78 is 0. The van der Waals surface area contributed by atoms with E-state index in [0.29, 0.717) is 12.2 Å². The van der Waals surface area contributed by atoms with Crippen LogP contribution in [0.1, 0.15) is 42.9 Å². The number of nitrogens with zero attached hydrogens (tertiary/aromatic N) is 1. The van der Waals surface area contributed by atoms with E-state index in [1.54, 1.807) is 6.07 Å². The number of hydrogen-bond acceptors (Lipinski definition) is 3. The standard InChI is InChI=1S/C13H21N3O/c1-4-13(5-2,9-14)16-12(17)11-8-6-7-10(3)15-11/h6-8H,4-5,9,14H2,1-3H3,(H,16,17). The van der Waals surface area contributed by atoms with Crippen LogP contribution in [0.2, 0.25) is 0 Å². The smallest absolute Gasteiger partial charge is 0.270 e. The maximum absolute atomic E-state index is 12.1. The van der Waals surface area contributed by atoms with Crippen LogP contribution in [0, 0.1) is 6.92 Å². The molecule has 0 aromatic carbocycles. The predicted molar refractivity (Wildman–Crippen MR) is 68.8 cm³/mol. The zero-order valence-electron chi connectivity index (χ0n) is 10.8. The number of rotatable bonds is 5. The van der Waals surface area contributed by atoms with E-state index in [1.165, 1.54) is 0 Å². The average molecular weight is 235 g/mol. The van der Waals surface area contributed by atoms with Crippen LogP contribution in [0.3, 0.4) is 0 Å². The monoisotopic (exact) mass is 235 g/mol. The van der Waals surface area contributed by atoms with Gasteiger partial charge in [0.2, 0.25) is 0 Å². The lowest BCUT2D eigenvalue weighted by molar-refractivity contribution is 0.0890. The van der Waals surface area contributed by atoms with E-state index < -0.39 is 0 Å². The highest BCUT2D eigenvalue weighted by Crippen LogP contribution is 2.14. The van der Waals surface area contributed by atoms with Crippen molar-refractivity contribution in [3.8, 4) is 0 Å². The molecule has 0 aliphatic rings. The van der Waals surface area contributed by atoms with Gasteiger partial charge in [-0.2, -0.15) is 0 Å². The minimum Gasteiger partial charge on any atom is -0.344 e. The summed E-state index contributed by atoms with van der Waals surface area (Å²) in [6.07, 6.45) is 1.63. The van der Waals surface area contributed by atoms with Crippen LogP contribution >= 0.6 is 0 Å². The van der Waals surface area contributed by atoms with Crippen LogP contribution < -0.4 is 11.1 Å². The quantitative estimate of drug-likeness (QED) is 0.815. The normalized spacial score (nSPS) is 11.3. The largest absolute Gasteiger partial charge is 0.344 e. The summed E-state index contributed by atoms with van der Waals surface area (Å²) in [5.74, 6) is -0.150. The van der Waals surface area contributed by atoms with Gasteiger partial charge in [0.1, 0.15) is 5.69 Å². The number of nitrogens with two attached hydrogens (primary N) is 1. The van der Waals surface area contributed by atoms with Crippen molar-refractivity contribution in [3.63, 3.8) is 0 Å². The Bertz CT molecular complexity index is 378. The Hall–Kier alpha value is -1.42. The fraction of sp³-hybridized carbons (Fsp3) is 0.538. The number of carbonyl (C=O) groups excluding carboxylic acids is 1. The van der Waals surface area contributed by atoms with E-state index in [9.17, 15) is 4.79 Å². The Morgan fingerprint density at radius 2 is 2.06 bits per heavy atom. The lowest BCUT2D eigenvalue weighted by Crippen LogP contribution is -2.53. The van der Waals surface area contributed by atoms with Gasteiger partial charge in [0.15, 0.2) is 0 Å². The molecule has 0 aliphatic carbocycles. The highest BCUT2D eigenvalue weighted by Gasteiger charge is 2.27. The molecule has 0 atom stereocenters. The first-order chi connectivity index (χ1) is 8.06. The molecular weight excluding hydrogens is 214 g/mol. The minimum absolute atomic E-state index is 0.150. The van der Waals surface area contributed by atoms with Crippen LogP contribution in [-0.4, -0.2) is 23.0 Å². The van der Waals surface area contributed by atoms with Crippen LogP contribution in [0.4, 0.5) is 0 Å². The molecule has 1 aromatic rings. The third-order valence-corrected chi connectivity index (χ3v) is 3.24. The second kappa shape index (κ2) is 5.77. The van der Waals surface area contributed by atoms with Gasteiger partial charge in [-0.3, -0.25) is 4.79 Å². The first kappa shape index (κ1) is 13.6. The Labute approximate surface area is 103 Å². The number of aryl methyl sites for hydroxylation is 1. The fourth-order valence-electron chi connectivity index (χ4n) is 1.74. The molecule has 0 saturated carbocycles. The molecule has 0 radical (unpaired) electrons. The second-order valence-corrected chi connectivity index (χ2v) is 4.31. The van der Waals surface area contributed by atoms with Crippen molar-refractivity contribution in [1.82, 2.24) is 10.3 Å². The van der Waals surface area contributed by atoms with Gasteiger partial charge in [0.05, 0.1) is 5.54 Å². The first-order valence-corrected chi connectivity index (χ1v) is 6.03. The summed E-state index contributed by atoms with van der Waals surface area (Å²) >= 11 is 0. The molecule has 0 bridgehead atoms. The van der Waals surface area contributed by atoms with Crippen molar-refractivity contribution in [3.05, 3.63) is 29.6 Å². The molecule has 1 rings (SSSR count). The maximum atomic E-state index is 12.1. The Kier molecular flexibility index (Phi) is 4.63. The van der Waals surface area contributed by atoms with Gasteiger partial charge in [-0.05, 0) is 31.9 Å². The fourth-order valence-corrected chi connectivity index (χ4v) is 1.74. The van der Waals surface area contributed by atoms with Crippen LogP contribution in [0.5, 0.6) is 0 Å². The van der Waals surface area contributed by atoms with Gasteiger partial charge in [-0.15, -0.1) is 0 Å². The average Bonchev–Trinajstić information content (AvgIpc) is 2.36. The second-order valence-electron chi connectivity index (χ2n) is 4.31. The van der Waals surface area contributed by atoms with Crippen molar-refractivity contribution in [1.29, 1.82) is 0 Å². The molecule has 1 amide bonds. The topological polar surface area (TPSA) is 68.0 Å². The number of amides is 1. The Morgan fingerprint density at radius 1 is 1.41 bits per heavy atom. The predicted octanol–water partition coefficient (Wildman–Crippen LogP) is 1.64. The molecule has 0 unspecified atom stereocenters. The molecule has 1 aromatic heterocycles. The summed E-state index contributed by atoms with van der Waals surface area (Å²) in [6, 6.07) is 5.42. The number of hydrogen-bond donors (Lipinski definition) is 2. The summed E-state index contributed by atoms with van der Waals surface area (Å²) in [6.45, 7) is 6.37.